The Morgan fingerprint density at radius 3 is 2.72 bits per heavy atom. The maximum absolute atomic E-state index is 12.5. The van der Waals surface area contributed by atoms with Crippen molar-refractivity contribution in [3.05, 3.63) is 41.5 Å². The van der Waals surface area contributed by atoms with Crippen LogP contribution in [0.2, 0.25) is 0 Å². The number of hydrogen-bond acceptors (Lipinski definition) is 6. The van der Waals surface area contributed by atoms with Gasteiger partial charge in [0.2, 0.25) is 11.8 Å². The Kier molecular flexibility index (Phi) is 5.08. The monoisotopic (exact) mass is 344 g/mol. The molecule has 1 aromatic carbocycles. The molecule has 2 aromatic rings. The molecule has 0 saturated carbocycles. The highest BCUT2D eigenvalue weighted by molar-refractivity contribution is 5.96. The van der Waals surface area contributed by atoms with Crippen molar-refractivity contribution in [2.75, 3.05) is 25.0 Å². The molecule has 25 heavy (non-hydrogen) atoms. The normalized spacial score (nSPS) is 17.4. The van der Waals surface area contributed by atoms with Crippen molar-refractivity contribution in [2.24, 2.45) is 0 Å². The number of nitrogens with one attached hydrogen (secondary N) is 1. The molecular weight excluding hydrogens is 324 g/mol. The lowest BCUT2D eigenvalue weighted by molar-refractivity contribution is -0.115. The number of ether oxygens (including phenoxy) is 1. The highest BCUT2D eigenvalue weighted by atomic mass is 16.5. The van der Waals surface area contributed by atoms with Gasteiger partial charge in [0.05, 0.1) is 19.1 Å². The van der Waals surface area contributed by atoms with E-state index in [2.05, 4.69) is 15.5 Å². The molecule has 1 aliphatic rings. The van der Waals surface area contributed by atoms with Crippen molar-refractivity contribution in [2.45, 2.75) is 26.4 Å². The van der Waals surface area contributed by atoms with Gasteiger partial charge in [-0.15, -0.1) is 0 Å². The zero-order valence-electron chi connectivity index (χ0n) is 14.2. The average molecular weight is 344 g/mol. The molecule has 2 amide bonds. The summed E-state index contributed by atoms with van der Waals surface area (Å²) in [5, 5.41) is 6.43. The number of nitrogens with zero attached hydrogens (tertiary/aromatic N) is 3. The molecule has 1 atom stereocenters. The Labute approximate surface area is 145 Å². The van der Waals surface area contributed by atoms with Crippen LogP contribution in [0.3, 0.4) is 0 Å². The fraction of sp³-hybridized carbons (Fsp3) is 0.412. The van der Waals surface area contributed by atoms with Crippen LogP contribution < -0.4 is 5.32 Å². The first-order valence-electron chi connectivity index (χ1n) is 8.11. The molecule has 8 nitrogen and oxygen atoms in total. The van der Waals surface area contributed by atoms with Gasteiger partial charge in [-0.3, -0.25) is 9.59 Å². The lowest BCUT2D eigenvalue weighted by atomic mass is 10.1. The summed E-state index contributed by atoms with van der Waals surface area (Å²) < 4.78 is 10.3. The van der Waals surface area contributed by atoms with Gasteiger partial charge in [-0.1, -0.05) is 5.16 Å². The summed E-state index contributed by atoms with van der Waals surface area (Å²) in [7, 11) is 0. The highest BCUT2D eigenvalue weighted by Crippen LogP contribution is 2.14. The lowest BCUT2D eigenvalue weighted by Gasteiger charge is -2.31. The number of rotatable bonds is 4. The minimum Gasteiger partial charge on any atom is -0.375 e. The van der Waals surface area contributed by atoms with Crippen LogP contribution in [0.5, 0.6) is 0 Å². The van der Waals surface area contributed by atoms with Crippen molar-refractivity contribution in [1.82, 2.24) is 15.0 Å². The first kappa shape index (κ1) is 17.1. The summed E-state index contributed by atoms with van der Waals surface area (Å²) in [6.07, 6.45) is 0.0778. The smallest absolute Gasteiger partial charge is 0.254 e. The van der Waals surface area contributed by atoms with Crippen LogP contribution in [0.15, 0.2) is 28.8 Å². The number of hydrogen-bond donors (Lipinski definition) is 1. The second-order valence-corrected chi connectivity index (χ2v) is 5.96. The molecule has 132 valence electrons. The Morgan fingerprint density at radius 1 is 1.32 bits per heavy atom. The van der Waals surface area contributed by atoms with Gasteiger partial charge in [0.1, 0.15) is 0 Å². The van der Waals surface area contributed by atoms with Crippen LogP contribution in [0.4, 0.5) is 5.69 Å². The molecule has 1 aliphatic heterocycles. The minimum absolute atomic E-state index is 0.0314. The summed E-state index contributed by atoms with van der Waals surface area (Å²) in [6, 6.07) is 6.82. The standard InChI is InChI=1S/C17H20N4O4/c1-11-10-21(7-8-24-11)17(23)13-3-5-14(6-4-13)19-16(22)9-15-18-12(2)25-20-15/h3-6,11H,7-10H2,1-2H3,(H,19,22). The Morgan fingerprint density at radius 2 is 2.08 bits per heavy atom. The molecule has 1 unspecified atom stereocenters. The third-order valence-corrected chi connectivity index (χ3v) is 3.83. The number of aryl methyl sites for hydroxylation is 1. The minimum atomic E-state index is -0.248. The Bertz CT molecular complexity index is 756. The van der Waals surface area contributed by atoms with E-state index < -0.39 is 0 Å². The van der Waals surface area contributed by atoms with Crippen LogP contribution >= 0.6 is 0 Å². The molecule has 8 heteroatoms. The topological polar surface area (TPSA) is 97.6 Å². The van der Waals surface area contributed by atoms with Crippen LogP contribution in [0.25, 0.3) is 0 Å². The van der Waals surface area contributed by atoms with Crippen molar-refractivity contribution in [1.29, 1.82) is 0 Å². The number of aromatic nitrogens is 2. The second kappa shape index (κ2) is 7.43. The summed E-state index contributed by atoms with van der Waals surface area (Å²) >= 11 is 0. The van der Waals surface area contributed by atoms with Crippen LogP contribution in [0, 0.1) is 6.92 Å². The third kappa shape index (κ3) is 4.42. The number of carbonyl (C=O) groups excluding carboxylic acids is 2. The van der Waals surface area contributed by atoms with Gasteiger partial charge < -0.3 is 19.5 Å². The highest BCUT2D eigenvalue weighted by Gasteiger charge is 2.22. The molecule has 0 spiro atoms. The largest absolute Gasteiger partial charge is 0.375 e. The van der Waals surface area contributed by atoms with Gasteiger partial charge in [0, 0.05) is 31.3 Å². The summed E-state index contributed by atoms with van der Waals surface area (Å²) in [5.74, 6) is 0.475. The first-order valence-corrected chi connectivity index (χ1v) is 8.11. The second-order valence-electron chi connectivity index (χ2n) is 5.96. The third-order valence-electron chi connectivity index (χ3n) is 3.83. The van der Waals surface area contributed by atoms with Gasteiger partial charge in [-0.05, 0) is 31.2 Å². The van der Waals surface area contributed by atoms with Crippen LogP contribution in [-0.4, -0.2) is 52.7 Å². The molecule has 3 rings (SSSR count). The van der Waals surface area contributed by atoms with Gasteiger partial charge >= 0.3 is 0 Å². The van der Waals surface area contributed by atoms with E-state index >= 15 is 0 Å². The van der Waals surface area contributed by atoms with Gasteiger partial charge in [-0.2, -0.15) is 4.98 Å². The van der Waals surface area contributed by atoms with Crippen LogP contribution in [-0.2, 0) is 16.0 Å². The van der Waals surface area contributed by atoms with Gasteiger partial charge in [-0.25, -0.2) is 0 Å². The molecule has 0 aliphatic carbocycles. The van der Waals surface area contributed by atoms with E-state index in [9.17, 15) is 9.59 Å². The molecule has 2 heterocycles. The summed E-state index contributed by atoms with van der Waals surface area (Å²) in [4.78, 5) is 30.2. The number of amides is 2. The Balaban J connectivity index is 1.58. The Hall–Kier alpha value is -2.74. The van der Waals surface area contributed by atoms with E-state index in [1.807, 2.05) is 6.92 Å². The van der Waals surface area contributed by atoms with Crippen LogP contribution in [0.1, 0.15) is 29.0 Å². The number of anilines is 1. The zero-order valence-corrected chi connectivity index (χ0v) is 14.2. The van der Waals surface area contributed by atoms with Crippen molar-refractivity contribution in [3.63, 3.8) is 0 Å². The van der Waals surface area contributed by atoms with E-state index in [-0.39, 0.29) is 24.3 Å². The fourth-order valence-corrected chi connectivity index (χ4v) is 2.64. The summed E-state index contributed by atoms with van der Waals surface area (Å²) in [5.41, 5.74) is 1.19. The summed E-state index contributed by atoms with van der Waals surface area (Å²) in [6.45, 7) is 5.34. The quantitative estimate of drug-likeness (QED) is 0.901. The molecule has 1 saturated heterocycles. The maximum Gasteiger partial charge on any atom is 0.254 e. The predicted molar refractivity (Wildman–Crippen MR) is 89.1 cm³/mol. The van der Waals surface area contributed by atoms with E-state index in [4.69, 9.17) is 9.26 Å². The average Bonchev–Trinajstić information content (AvgIpc) is 2.99. The number of morpholine rings is 1. The van der Waals surface area contributed by atoms with Gasteiger partial charge in [0.15, 0.2) is 5.82 Å². The van der Waals surface area contributed by atoms with E-state index in [0.29, 0.717) is 42.7 Å². The fourth-order valence-electron chi connectivity index (χ4n) is 2.64. The van der Waals surface area contributed by atoms with Crippen molar-refractivity contribution in [3.8, 4) is 0 Å². The van der Waals surface area contributed by atoms with E-state index in [1.165, 1.54) is 0 Å². The molecule has 0 radical (unpaired) electrons. The van der Waals surface area contributed by atoms with E-state index in [1.54, 1.807) is 36.1 Å². The molecule has 1 aromatic heterocycles. The first-order chi connectivity index (χ1) is 12.0. The molecular formula is C17H20N4O4. The van der Waals surface area contributed by atoms with Gasteiger partial charge in [0.25, 0.3) is 5.91 Å². The zero-order chi connectivity index (χ0) is 17.8. The van der Waals surface area contributed by atoms with Crippen molar-refractivity contribution < 1.29 is 18.8 Å². The predicted octanol–water partition coefficient (Wildman–Crippen LogP) is 1.42. The lowest BCUT2D eigenvalue weighted by Crippen LogP contribution is -2.44. The maximum atomic E-state index is 12.5. The molecule has 1 N–H and O–H groups in total. The number of carbonyl (C=O) groups is 2. The van der Waals surface area contributed by atoms with E-state index in [0.717, 1.165) is 0 Å². The number of benzene rings is 1. The molecule has 0 bridgehead atoms. The molecule has 1 fully saturated rings. The van der Waals surface area contributed by atoms with Crippen molar-refractivity contribution >= 4 is 17.5 Å². The SMILES string of the molecule is Cc1nc(CC(=O)Nc2ccc(C(=O)N3CCOC(C)C3)cc2)no1.